The van der Waals surface area contributed by atoms with Crippen LogP contribution in [0.25, 0.3) is 21.8 Å². The molecule has 0 saturated heterocycles. The van der Waals surface area contributed by atoms with Gasteiger partial charge < -0.3 is 4.98 Å². The Morgan fingerprint density at radius 1 is 1.00 bits per heavy atom. The quantitative estimate of drug-likeness (QED) is 0.626. The van der Waals surface area contributed by atoms with E-state index in [1.807, 2.05) is 13.0 Å². The summed E-state index contributed by atoms with van der Waals surface area (Å²) in [6.45, 7) is 4.09. The Kier molecular flexibility index (Phi) is 2.05. The summed E-state index contributed by atoms with van der Waals surface area (Å²) in [5.74, 6) is 0. The molecule has 1 heterocycles. The molecule has 0 bridgehead atoms. The second-order valence-corrected chi connectivity index (χ2v) is 4.57. The fraction of sp³-hybridized carbons (Fsp3) is 0.133. The van der Waals surface area contributed by atoms with E-state index in [0.29, 0.717) is 0 Å². The van der Waals surface area contributed by atoms with E-state index in [-0.39, 0.29) is 0 Å². The zero-order chi connectivity index (χ0) is 12.0. The molecule has 0 saturated carbocycles. The molecular formula is C15H13NO. The summed E-state index contributed by atoms with van der Waals surface area (Å²) in [6.07, 6.45) is 0.914. The van der Waals surface area contributed by atoms with Gasteiger partial charge in [-0.1, -0.05) is 11.6 Å². The maximum Gasteiger partial charge on any atom is 0.152 e. The lowest BCUT2D eigenvalue weighted by atomic mass is 10.1. The van der Waals surface area contributed by atoms with Crippen LogP contribution in [0.1, 0.15) is 21.5 Å². The maximum absolute atomic E-state index is 11.1. The second kappa shape index (κ2) is 3.45. The number of nitrogens with one attached hydrogen (secondary N) is 1. The Balaban J connectivity index is 2.56. The summed E-state index contributed by atoms with van der Waals surface area (Å²) < 4.78 is 0. The van der Waals surface area contributed by atoms with E-state index in [0.717, 1.165) is 33.8 Å². The molecule has 17 heavy (non-hydrogen) atoms. The highest BCUT2D eigenvalue weighted by Gasteiger charge is 2.08. The number of aromatic amines is 1. The molecule has 2 nitrogen and oxygen atoms in total. The van der Waals surface area contributed by atoms with E-state index < -0.39 is 0 Å². The summed E-state index contributed by atoms with van der Waals surface area (Å²) in [4.78, 5) is 14.4. The summed E-state index contributed by atoms with van der Waals surface area (Å²) in [5.41, 5.74) is 5.09. The molecular weight excluding hydrogens is 210 g/mol. The van der Waals surface area contributed by atoms with Gasteiger partial charge in [0.25, 0.3) is 0 Å². The van der Waals surface area contributed by atoms with Crippen LogP contribution in [-0.2, 0) is 0 Å². The number of benzene rings is 2. The third-order valence-corrected chi connectivity index (χ3v) is 3.17. The second-order valence-electron chi connectivity index (χ2n) is 4.57. The van der Waals surface area contributed by atoms with Crippen LogP contribution in [0.3, 0.4) is 0 Å². The molecule has 0 radical (unpaired) electrons. The molecule has 3 rings (SSSR count). The summed E-state index contributed by atoms with van der Waals surface area (Å²) in [7, 11) is 0. The topological polar surface area (TPSA) is 32.9 Å². The van der Waals surface area contributed by atoms with Gasteiger partial charge in [-0.05, 0) is 43.7 Å². The first-order valence-electron chi connectivity index (χ1n) is 5.67. The van der Waals surface area contributed by atoms with Crippen molar-refractivity contribution in [1.29, 1.82) is 0 Å². The molecule has 0 unspecified atom stereocenters. The molecule has 2 aromatic carbocycles. The first-order chi connectivity index (χ1) is 8.19. The number of fused-ring (bicyclic) bond motifs is 3. The first kappa shape index (κ1) is 10.1. The number of aryl methyl sites for hydroxylation is 2. The van der Waals surface area contributed by atoms with Crippen LogP contribution < -0.4 is 0 Å². The summed E-state index contributed by atoms with van der Waals surface area (Å²) in [6, 6.07) is 10.3. The summed E-state index contributed by atoms with van der Waals surface area (Å²) in [5, 5.41) is 2.32. The third-order valence-electron chi connectivity index (χ3n) is 3.17. The van der Waals surface area contributed by atoms with Crippen LogP contribution in [0.2, 0.25) is 0 Å². The Labute approximate surface area is 99.3 Å². The SMILES string of the molecule is Cc1ccc2[nH]c3c(C=O)cc(C)cc3c2c1. The summed E-state index contributed by atoms with van der Waals surface area (Å²) >= 11 is 0. The monoisotopic (exact) mass is 223 g/mol. The Morgan fingerprint density at radius 2 is 1.76 bits per heavy atom. The minimum atomic E-state index is 0.730. The Morgan fingerprint density at radius 3 is 2.53 bits per heavy atom. The molecule has 0 aliphatic carbocycles. The number of H-pyrrole nitrogens is 1. The average Bonchev–Trinajstić information content (AvgIpc) is 2.66. The lowest BCUT2D eigenvalue weighted by Gasteiger charge is -1.98. The number of hydrogen-bond donors (Lipinski definition) is 1. The van der Waals surface area contributed by atoms with E-state index >= 15 is 0 Å². The molecule has 0 atom stereocenters. The molecule has 0 aliphatic rings. The molecule has 1 N–H and O–H groups in total. The molecule has 84 valence electrons. The molecule has 3 aromatic rings. The van der Waals surface area contributed by atoms with Gasteiger partial charge in [0, 0.05) is 21.9 Å². The molecule has 0 amide bonds. The Bertz CT molecular complexity index is 737. The normalized spacial score (nSPS) is 11.2. The zero-order valence-corrected chi connectivity index (χ0v) is 9.87. The van der Waals surface area contributed by atoms with Crippen molar-refractivity contribution in [1.82, 2.24) is 4.98 Å². The largest absolute Gasteiger partial charge is 0.354 e. The number of aldehydes is 1. The van der Waals surface area contributed by atoms with Crippen molar-refractivity contribution in [3.8, 4) is 0 Å². The van der Waals surface area contributed by atoms with Gasteiger partial charge in [0.05, 0.1) is 5.52 Å². The van der Waals surface area contributed by atoms with Crippen molar-refractivity contribution in [3.63, 3.8) is 0 Å². The van der Waals surface area contributed by atoms with Crippen molar-refractivity contribution in [3.05, 3.63) is 47.0 Å². The Hall–Kier alpha value is -2.09. The molecule has 0 aliphatic heterocycles. The number of aromatic nitrogens is 1. The van der Waals surface area contributed by atoms with Crippen molar-refractivity contribution < 1.29 is 4.79 Å². The van der Waals surface area contributed by atoms with E-state index in [2.05, 4.69) is 36.2 Å². The average molecular weight is 223 g/mol. The van der Waals surface area contributed by atoms with Crippen molar-refractivity contribution in [2.24, 2.45) is 0 Å². The predicted octanol–water partition coefficient (Wildman–Crippen LogP) is 3.75. The minimum Gasteiger partial charge on any atom is -0.354 e. The van der Waals surface area contributed by atoms with Gasteiger partial charge in [-0.3, -0.25) is 4.79 Å². The predicted molar refractivity (Wildman–Crippen MR) is 70.7 cm³/mol. The van der Waals surface area contributed by atoms with Crippen LogP contribution in [0.4, 0.5) is 0 Å². The molecule has 2 heteroatoms. The standard InChI is InChI=1S/C15H13NO/c1-9-3-4-14-12(6-9)13-7-10(2)5-11(8-17)15(13)16-14/h3-8,16H,1-2H3. The fourth-order valence-corrected chi connectivity index (χ4v) is 2.38. The molecule has 0 spiro atoms. The number of carbonyl (C=O) groups is 1. The highest BCUT2D eigenvalue weighted by atomic mass is 16.1. The number of hydrogen-bond acceptors (Lipinski definition) is 1. The highest BCUT2D eigenvalue weighted by molar-refractivity contribution is 6.12. The van der Waals surface area contributed by atoms with E-state index in [1.165, 1.54) is 10.9 Å². The number of carbonyl (C=O) groups excluding carboxylic acids is 1. The lowest BCUT2D eigenvalue weighted by molar-refractivity contribution is 0.112. The minimum absolute atomic E-state index is 0.730. The van der Waals surface area contributed by atoms with E-state index in [1.54, 1.807) is 0 Å². The van der Waals surface area contributed by atoms with Gasteiger partial charge in [0.2, 0.25) is 0 Å². The molecule has 0 fully saturated rings. The first-order valence-corrected chi connectivity index (χ1v) is 5.67. The van der Waals surface area contributed by atoms with Gasteiger partial charge >= 0.3 is 0 Å². The van der Waals surface area contributed by atoms with Crippen LogP contribution in [0.5, 0.6) is 0 Å². The molecule has 1 aromatic heterocycles. The van der Waals surface area contributed by atoms with Crippen LogP contribution in [0, 0.1) is 13.8 Å². The number of rotatable bonds is 1. The van der Waals surface area contributed by atoms with Gasteiger partial charge in [-0.2, -0.15) is 0 Å². The maximum atomic E-state index is 11.1. The van der Waals surface area contributed by atoms with Crippen molar-refractivity contribution >= 4 is 28.1 Å². The van der Waals surface area contributed by atoms with Gasteiger partial charge in [-0.15, -0.1) is 0 Å². The fourth-order valence-electron chi connectivity index (χ4n) is 2.38. The third kappa shape index (κ3) is 1.45. The van der Waals surface area contributed by atoms with Gasteiger partial charge in [0.15, 0.2) is 6.29 Å². The lowest BCUT2D eigenvalue weighted by Crippen LogP contribution is -1.84. The van der Waals surface area contributed by atoms with E-state index in [4.69, 9.17) is 0 Å². The van der Waals surface area contributed by atoms with Crippen LogP contribution in [-0.4, -0.2) is 11.3 Å². The van der Waals surface area contributed by atoms with Gasteiger partial charge in [0.1, 0.15) is 0 Å². The van der Waals surface area contributed by atoms with Crippen molar-refractivity contribution in [2.45, 2.75) is 13.8 Å². The zero-order valence-electron chi connectivity index (χ0n) is 9.87. The van der Waals surface area contributed by atoms with Crippen LogP contribution in [0.15, 0.2) is 30.3 Å². The van der Waals surface area contributed by atoms with E-state index in [9.17, 15) is 4.79 Å². The van der Waals surface area contributed by atoms with Crippen LogP contribution >= 0.6 is 0 Å². The van der Waals surface area contributed by atoms with Gasteiger partial charge in [-0.25, -0.2) is 0 Å². The highest BCUT2D eigenvalue weighted by Crippen LogP contribution is 2.28. The smallest absolute Gasteiger partial charge is 0.152 e. The van der Waals surface area contributed by atoms with Crippen molar-refractivity contribution in [2.75, 3.05) is 0 Å².